The summed E-state index contributed by atoms with van der Waals surface area (Å²) in [6, 6.07) is 2.78. The number of H-pyrrole nitrogens is 1. The Bertz CT molecular complexity index is 1440. The van der Waals surface area contributed by atoms with Gasteiger partial charge in [-0.2, -0.15) is 0 Å². The molecule has 2 saturated heterocycles. The van der Waals surface area contributed by atoms with Gasteiger partial charge in [0.15, 0.2) is 5.43 Å². The van der Waals surface area contributed by atoms with Crippen LogP contribution in [0.15, 0.2) is 35.3 Å². The molecule has 2 aliphatic heterocycles. The second kappa shape index (κ2) is 15.1. The Morgan fingerprint density at radius 2 is 1.70 bits per heavy atom. The molecular weight excluding hydrogens is 562 g/mol. The number of amides is 4. The van der Waals surface area contributed by atoms with Gasteiger partial charge in [-0.05, 0) is 50.2 Å². The number of carbonyl (C=O) groups excluding carboxylic acids is 5. The Morgan fingerprint density at radius 3 is 2.45 bits per heavy atom. The minimum Gasteiger partial charge on any atom is -0.361 e. The van der Waals surface area contributed by atoms with Crippen LogP contribution in [0.25, 0.3) is 10.9 Å². The molecule has 5 atom stereocenters. The van der Waals surface area contributed by atoms with Crippen molar-refractivity contribution in [3.8, 4) is 0 Å². The van der Waals surface area contributed by atoms with Crippen molar-refractivity contribution in [1.82, 2.24) is 25.8 Å². The highest BCUT2D eigenvalue weighted by atomic mass is 16.2. The van der Waals surface area contributed by atoms with Crippen LogP contribution in [-0.4, -0.2) is 64.0 Å². The number of piperidine rings is 1. The third-order valence-corrected chi connectivity index (χ3v) is 9.02. The van der Waals surface area contributed by atoms with Crippen molar-refractivity contribution in [2.75, 3.05) is 6.54 Å². The lowest BCUT2D eigenvalue weighted by Gasteiger charge is -2.39. The summed E-state index contributed by atoms with van der Waals surface area (Å²) < 4.78 is 0. The minimum atomic E-state index is -1.41. The Kier molecular flexibility index (Phi) is 11.3. The van der Waals surface area contributed by atoms with Crippen molar-refractivity contribution in [1.29, 1.82) is 0 Å². The fourth-order valence-corrected chi connectivity index (χ4v) is 6.05. The van der Waals surface area contributed by atoms with E-state index in [2.05, 4.69) is 20.9 Å². The maximum absolute atomic E-state index is 14.0. The van der Waals surface area contributed by atoms with Crippen LogP contribution in [0.2, 0.25) is 0 Å². The van der Waals surface area contributed by atoms with E-state index in [4.69, 9.17) is 0 Å². The number of ketones is 1. The van der Waals surface area contributed by atoms with Gasteiger partial charge in [0, 0.05) is 42.0 Å². The molecule has 11 nitrogen and oxygen atoms in total. The number of hydrogen-bond acceptors (Lipinski definition) is 6. The molecule has 1 aromatic carbocycles. The van der Waals surface area contributed by atoms with E-state index in [1.165, 1.54) is 6.20 Å². The smallest absolute Gasteiger partial charge is 0.248 e. The van der Waals surface area contributed by atoms with Crippen LogP contribution in [0.3, 0.4) is 0 Å². The molecule has 44 heavy (non-hydrogen) atoms. The summed E-state index contributed by atoms with van der Waals surface area (Å²) >= 11 is 0. The van der Waals surface area contributed by atoms with Gasteiger partial charge in [-0.1, -0.05) is 52.2 Å². The fourth-order valence-electron chi connectivity index (χ4n) is 6.05. The number of pyridine rings is 1. The van der Waals surface area contributed by atoms with Gasteiger partial charge in [0.25, 0.3) is 0 Å². The van der Waals surface area contributed by atoms with Crippen LogP contribution in [0.4, 0.5) is 0 Å². The Hall–Kier alpha value is -4.02. The zero-order valence-electron chi connectivity index (χ0n) is 25.9. The van der Waals surface area contributed by atoms with Crippen LogP contribution in [0, 0.1) is 5.92 Å². The van der Waals surface area contributed by atoms with E-state index in [1.54, 1.807) is 29.2 Å². The minimum absolute atomic E-state index is 0.0287. The number of carbonyl (C=O) groups is 5. The normalized spacial score (nSPS) is 23.9. The maximum Gasteiger partial charge on any atom is 0.248 e. The number of fused-ring (bicyclic) bond motifs is 2. The second-order valence-electron chi connectivity index (χ2n) is 12.0. The molecule has 3 heterocycles. The topological polar surface area (TPSA) is 158 Å². The molecule has 238 valence electrons. The first-order valence-electron chi connectivity index (χ1n) is 16.0. The number of benzene rings is 1. The molecule has 0 radical (unpaired) electrons. The summed E-state index contributed by atoms with van der Waals surface area (Å²) in [5, 5.41) is 8.83. The fraction of sp³-hybridized carbons (Fsp3) is 0.576. The molecule has 2 aromatic rings. The third-order valence-electron chi connectivity index (χ3n) is 9.02. The Morgan fingerprint density at radius 1 is 0.932 bits per heavy atom. The molecule has 2 fully saturated rings. The highest BCUT2D eigenvalue weighted by Gasteiger charge is 2.41. The zero-order chi connectivity index (χ0) is 31.8. The van der Waals surface area contributed by atoms with Gasteiger partial charge in [0.2, 0.25) is 23.6 Å². The number of nitrogens with zero attached hydrogens (tertiary/aromatic N) is 1. The van der Waals surface area contributed by atoms with Gasteiger partial charge in [-0.15, -0.1) is 0 Å². The lowest BCUT2D eigenvalue weighted by molar-refractivity contribution is -0.147. The van der Waals surface area contributed by atoms with Crippen LogP contribution >= 0.6 is 0 Å². The van der Waals surface area contributed by atoms with Gasteiger partial charge in [-0.3, -0.25) is 28.8 Å². The summed E-state index contributed by atoms with van der Waals surface area (Å²) in [4.78, 5) is 85.4. The molecule has 4 N–H and O–H groups in total. The molecule has 4 rings (SSSR count). The number of hydrogen-bond donors (Lipinski definition) is 4. The number of rotatable bonds is 10. The predicted octanol–water partition coefficient (Wildman–Crippen LogP) is 3.03. The highest BCUT2D eigenvalue weighted by molar-refractivity contribution is 5.98. The standard InChI is InChI=1S/C33H45N5O6/c1-4-20(3)27-33(44)38-18-12-11-17-26(38)31(42)35-25(16-8-6-7-13-21(39)5-2)30(41)37-28(32(43)36-27)23-19-34-24-15-10-9-14-22(24)29(23)40/h9-10,14-15,19-20,25-28H,4-8,11-13,16-18H2,1-3H3,(H,34,40)(H,35,42)(H,36,43)(H,37,41)/t20-,25+,26-,27+,28+/m1/s1. The maximum atomic E-state index is 14.0. The summed E-state index contributed by atoms with van der Waals surface area (Å²) in [6.07, 6.45) is 7.09. The first-order chi connectivity index (χ1) is 21.2. The van der Waals surface area contributed by atoms with Crippen molar-refractivity contribution in [3.63, 3.8) is 0 Å². The molecule has 1 aromatic heterocycles. The summed E-state index contributed by atoms with van der Waals surface area (Å²) in [6.45, 7) is 5.96. The number of unbranched alkanes of at least 4 members (excludes halogenated alkanes) is 2. The van der Waals surface area contributed by atoms with Crippen LogP contribution in [-0.2, 0) is 24.0 Å². The summed E-state index contributed by atoms with van der Waals surface area (Å²) in [5.74, 6) is -2.11. The van der Waals surface area contributed by atoms with Gasteiger partial charge >= 0.3 is 0 Å². The van der Waals surface area contributed by atoms with Crippen molar-refractivity contribution < 1.29 is 24.0 Å². The van der Waals surface area contributed by atoms with E-state index in [9.17, 15) is 28.8 Å². The lowest BCUT2D eigenvalue weighted by atomic mass is 9.93. The van der Waals surface area contributed by atoms with E-state index >= 15 is 0 Å². The molecule has 2 aliphatic rings. The largest absolute Gasteiger partial charge is 0.361 e. The molecule has 11 heteroatoms. The van der Waals surface area contributed by atoms with Crippen LogP contribution in [0.1, 0.15) is 96.6 Å². The van der Waals surface area contributed by atoms with E-state index in [0.717, 1.165) is 12.8 Å². The Balaban J connectivity index is 1.71. The van der Waals surface area contributed by atoms with Gasteiger partial charge in [-0.25, -0.2) is 0 Å². The molecule has 0 spiro atoms. The molecular formula is C33H45N5O6. The van der Waals surface area contributed by atoms with E-state index in [0.29, 0.717) is 62.4 Å². The molecule has 4 amide bonds. The van der Waals surface area contributed by atoms with Crippen molar-refractivity contribution in [3.05, 3.63) is 46.2 Å². The van der Waals surface area contributed by atoms with Crippen LogP contribution < -0.4 is 21.4 Å². The molecule has 0 bridgehead atoms. The molecule has 0 unspecified atom stereocenters. The van der Waals surface area contributed by atoms with Gasteiger partial charge < -0.3 is 25.8 Å². The highest BCUT2D eigenvalue weighted by Crippen LogP contribution is 2.23. The molecule has 0 aliphatic carbocycles. The first-order valence-corrected chi connectivity index (χ1v) is 16.0. The van der Waals surface area contributed by atoms with Crippen molar-refractivity contribution in [2.24, 2.45) is 5.92 Å². The zero-order valence-corrected chi connectivity index (χ0v) is 25.9. The Labute approximate surface area is 257 Å². The van der Waals surface area contributed by atoms with Crippen molar-refractivity contribution in [2.45, 2.75) is 109 Å². The summed E-state index contributed by atoms with van der Waals surface area (Å²) in [5.41, 5.74) is 0.188. The lowest BCUT2D eigenvalue weighted by Crippen LogP contribution is -2.62. The summed E-state index contributed by atoms with van der Waals surface area (Å²) in [7, 11) is 0. The number of aromatic nitrogens is 1. The second-order valence-corrected chi connectivity index (χ2v) is 12.0. The van der Waals surface area contributed by atoms with Crippen molar-refractivity contribution >= 4 is 40.3 Å². The van der Waals surface area contributed by atoms with Gasteiger partial charge in [0.05, 0.1) is 0 Å². The van der Waals surface area contributed by atoms with Crippen LogP contribution in [0.5, 0.6) is 0 Å². The average molecular weight is 608 g/mol. The number of aromatic amines is 1. The number of nitrogens with one attached hydrogen (secondary N) is 4. The number of para-hydroxylation sites is 1. The SMILES string of the molecule is CCC(=O)CCCCC[C@@H]1NC(=O)[C@H]2CCCCN2C(=O)[C@H]([C@H](C)CC)NC(=O)[C@H](c2c[nH]c3ccccc3c2=O)NC1=O. The average Bonchev–Trinajstić information content (AvgIpc) is 3.04. The monoisotopic (exact) mass is 607 g/mol. The van der Waals surface area contributed by atoms with E-state index in [1.807, 2.05) is 20.8 Å². The van der Waals surface area contributed by atoms with E-state index in [-0.39, 0.29) is 29.6 Å². The number of Topliss-reactive ketones (excluding diaryl/α,β-unsaturated/α-hetero) is 1. The van der Waals surface area contributed by atoms with Gasteiger partial charge in [0.1, 0.15) is 30.0 Å². The predicted molar refractivity (Wildman–Crippen MR) is 167 cm³/mol. The third kappa shape index (κ3) is 7.54. The molecule has 0 saturated carbocycles. The first kappa shape index (κ1) is 32.9. The quantitative estimate of drug-likeness (QED) is 0.304. The van der Waals surface area contributed by atoms with E-state index < -0.39 is 47.3 Å².